The number of amides is 2. The van der Waals surface area contributed by atoms with E-state index in [-0.39, 0.29) is 11.7 Å². The van der Waals surface area contributed by atoms with Gasteiger partial charge in [-0.25, -0.2) is 9.59 Å². The number of urea groups is 1. The number of rotatable bonds is 3. The van der Waals surface area contributed by atoms with Crippen molar-refractivity contribution in [2.75, 3.05) is 32.8 Å². The van der Waals surface area contributed by atoms with Crippen molar-refractivity contribution >= 4 is 17.1 Å². The molecule has 2 heterocycles. The van der Waals surface area contributed by atoms with Gasteiger partial charge in [-0.2, -0.15) is 0 Å². The van der Waals surface area contributed by atoms with Crippen molar-refractivity contribution in [3.63, 3.8) is 0 Å². The number of morpholine rings is 1. The molecule has 1 fully saturated rings. The Morgan fingerprint density at radius 3 is 2.64 bits per heavy atom. The zero-order chi connectivity index (χ0) is 15.5. The molecule has 7 nitrogen and oxygen atoms in total. The quantitative estimate of drug-likeness (QED) is 0.891. The summed E-state index contributed by atoms with van der Waals surface area (Å²) in [7, 11) is 1.76. The number of hydrogen-bond acceptors (Lipinski definition) is 3. The molecule has 0 saturated carbocycles. The maximum Gasteiger partial charge on any atom is 0.328 e. The van der Waals surface area contributed by atoms with E-state index in [1.54, 1.807) is 21.1 Å². The summed E-state index contributed by atoms with van der Waals surface area (Å²) in [6, 6.07) is 7.55. The molecule has 22 heavy (non-hydrogen) atoms. The van der Waals surface area contributed by atoms with E-state index in [1.807, 2.05) is 24.3 Å². The van der Waals surface area contributed by atoms with Crippen molar-refractivity contribution in [1.29, 1.82) is 0 Å². The van der Waals surface area contributed by atoms with Crippen molar-refractivity contribution in [3.05, 3.63) is 34.7 Å². The number of nitrogens with zero attached hydrogens (tertiary/aromatic N) is 3. The van der Waals surface area contributed by atoms with E-state index in [9.17, 15) is 9.59 Å². The van der Waals surface area contributed by atoms with Gasteiger partial charge in [0.15, 0.2) is 0 Å². The molecule has 1 saturated heterocycles. The normalized spacial score (nSPS) is 15.2. The number of carbonyl (C=O) groups is 1. The second-order valence-electron chi connectivity index (χ2n) is 5.31. The number of hydrogen-bond donors (Lipinski definition) is 1. The fourth-order valence-electron chi connectivity index (χ4n) is 2.73. The van der Waals surface area contributed by atoms with Crippen LogP contribution in [0.5, 0.6) is 0 Å². The van der Waals surface area contributed by atoms with Gasteiger partial charge in [0.05, 0.1) is 24.2 Å². The summed E-state index contributed by atoms with van der Waals surface area (Å²) in [5.74, 6) is 0. The Bertz CT molecular complexity index is 728. The summed E-state index contributed by atoms with van der Waals surface area (Å²) >= 11 is 0. The molecule has 1 aromatic carbocycles. The van der Waals surface area contributed by atoms with Gasteiger partial charge in [0.25, 0.3) is 0 Å². The second kappa shape index (κ2) is 6.23. The number of benzene rings is 1. The van der Waals surface area contributed by atoms with Crippen LogP contribution in [0.15, 0.2) is 29.1 Å². The molecule has 0 spiro atoms. The highest BCUT2D eigenvalue weighted by atomic mass is 16.5. The van der Waals surface area contributed by atoms with Gasteiger partial charge in [0, 0.05) is 33.2 Å². The SMILES string of the molecule is Cn1c(=O)n(CCNC(=O)N2CCOCC2)c2ccccc21. The van der Waals surface area contributed by atoms with Crippen molar-refractivity contribution < 1.29 is 9.53 Å². The number of aryl methyl sites for hydroxylation is 1. The Morgan fingerprint density at radius 1 is 1.23 bits per heavy atom. The van der Waals surface area contributed by atoms with Gasteiger partial charge in [0.1, 0.15) is 0 Å². The molecule has 1 aliphatic rings. The molecular weight excluding hydrogens is 284 g/mol. The number of aromatic nitrogens is 2. The first-order valence-corrected chi connectivity index (χ1v) is 7.43. The highest BCUT2D eigenvalue weighted by molar-refractivity contribution is 5.76. The smallest absolute Gasteiger partial charge is 0.328 e. The first kappa shape index (κ1) is 14.6. The molecule has 1 aliphatic heterocycles. The third-order valence-electron chi connectivity index (χ3n) is 3.96. The third-order valence-corrected chi connectivity index (χ3v) is 3.96. The maximum absolute atomic E-state index is 12.3. The summed E-state index contributed by atoms with van der Waals surface area (Å²) in [5.41, 5.74) is 1.71. The molecule has 0 aliphatic carbocycles. The predicted molar refractivity (Wildman–Crippen MR) is 83.0 cm³/mol. The van der Waals surface area contributed by atoms with Crippen LogP contribution >= 0.6 is 0 Å². The van der Waals surface area contributed by atoms with Crippen LogP contribution in [-0.4, -0.2) is 52.9 Å². The molecule has 3 rings (SSSR count). The Kier molecular flexibility index (Phi) is 4.15. The molecule has 0 unspecified atom stereocenters. The zero-order valence-electron chi connectivity index (χ0n) is 12.6. The van der Waals surface area contributed by atoms with E-state index >= 15 is 0 Å². The van der Waals surface area contributed by atoms with Crippen LogP contribution in [0.3, 0.4) is 0 Å². The standard InChI is InChI=1S/C15H20N4O3/c1-17-12-4-2-3-5-13(12)19(15(17)21)7-6-16-14(20)18-8-10-22-11-9-18/h2-5H,6-11H2,1H3,(H,16,20). The lowest BCUT2D eigenvalue weighted by Crippen LogP contribution is -2.47. The van der Waals surface area contributed by atoms with Gasteiger partial charge in [0.2, 0.25) is 0 Å². The number of fused-ring (bicyclic) bond motifs is 1. The van der Waals surface area contributed by atoms with Crippen LogP contribution in [0.25, 0.3) is 11.0 Å². The largest absolute Gasteiger partial charge is 0.378 e. The van der Waals surface area contributed by atoms with Crippen LogP contribution in [0, 0.1) is 0 Å². The molecule has 2 amide bonds. The molecule has 2 aromatic rings. The number of imidazole rings is 1. The van der Waals surface area contributed by atoms with Gasteiger partial charge in [-0.05, 0) is 12.1 Å². The molecule has 0 bridgehead atoms. The minimum absolute atomic E-state index is 0.0678. The van der Waals surface area contributed by atoms with Crippen molar-refractivity contribution in [2.24, 2.45) is 7.05 Å². The summed E-state index contributed by atoms with van der Waals surface area (Å²) in [6.07, 6.45) is 0. The average Bonchev–Trinajstić information content (AvgIpc) is 2.81. The van der Waals surface area contributed by atoms with Crippen LogP contribution in [0.2, 0.25) is 0 Å². The molecule has 7 heteroatoms. The zero-order valence-corrected chi connectivity index (χ0v) is 12.6. The molecule has 1 N–H and O–H groups in total. The van der Waals surface area contributed by atoms with Crippen LogP contribution in [0.4, 0.5) is 4.79 Å². The fraction of sp³-hybridized carbons (Fsp3) is 0.467. The Balaban J connectivity index is 1.66. The molecular formula is C15H20N4O3. The number of ether oxygens (including phenoxy) is 1. The average molecular weight is 304 g/mol. The van der Waals surface area contributed by atoms with E-state index in [0.717, 1.165) is 11.0 Å². The summed E-state index contributed by atoms with van der Waals surface area (Å²) in [5, 5.41) is 2.86. The van der Waals surface area contributed by atoms with Crippen molar-refractivity contribution in [2.45, 2.75) is 6.54 Å². The van der Waals surface area contributed by atoms with E-state index in [4.69, 9.17) is 4.74 Å². The van der Waals surface area contributed by atoms with Crippen LogP contribution in [-0.2, 0) is 18.3 Å². The lowest BCUT2D eigenvalue weighted by Gasteiger charge is -2.26. The van der Waals surface area contributed by atoms with E-state index in [2.05, 4.69) is 5.32 Å². The van der Waals surface area contributed by atoms with E-state index < -0.39 is 0 Å². The predicted octanol–water partition coefficient (Wildman–Crippen LogP) is 0.382. The monoisotopic (exact) mass is 304 g/mol. The fourth-order valence-corrected chi connectivity index (χ4v) is 2.73. The molecule has 0 radical (unpaired) electrons. The maximum atomic E-state index is 12.3. The third kappa shape index (κ3) is 2.71. The summed E-state index contributed by atoms with van der Waals surface area (Å²) in [6.45, 7) is 3.26. The summed E-state index contributed by atoms with van der Waals surface area (Å²) < 4.78 is 8.53. The highest BCUT2D eigenvalue weighted by Gasteiger charge is 2.16. The molecule has 1 aromatic heterocycles. The van der Waals surface area contributed by atoms with Gasteiger partial charge in [-0.3, -0.25) is 9.13 Å². The van der Waals surface area contributed by atoms with Gasteiger partial charge < -0.3 is 15.0 Å². The molecule has 0 atom stereocenters. The minimum atomic E-state index is -0.100. The first-order chi connectivity index (χ1) is 10.7. The lowest BCUT2D eigenvalue weighted by molar-refractivity contribution is 0.0532. The van der Waals surface area contributed by atoms with Crippen LogP contribution in [0.1, 0.15) is 0 Å². The topological polar surface area (TPSA) is 68.5 Å². The lowest BCUT2D eigenvalue weighted by atomic mass is 10.3. The number of nitrogens with one attached hydrogen (secondary N) is 1. The van der Waals surface area contributed by atoms with E-state index in [1.165, 1.54) is 0 Å². The Hall–Kier alpha value is -2.28. The number of carbonyl (C=O) groups excluding carboxylic acids is 1. The Labute approximate surface area is 128 Å². The summed E-state index contributed by atoms with van der Waals surface area (Å²) in [4.78, 5) is 26.0. The van der Waals surface area contributed by atoms with Gasteiger partial charge in [-0.15, -0.1) is 0 Å². The van der Waals surface area contributed by atoms with Gasteiger partial charge in [-0.1, -0.05) is 12.1 Å². The number of para-hydroxylation sites is 2. The van der Waals surface area contributed by atoms with Crippen molar-refractivity contribution in [3.8, 4) is 0 Å². The first-order valence-electron chi connectivity index (χ1n) is 7.43. The molecule has 118 valence electrons. The van der Waals surface area contributed by atoms with Crippen LogP contribution < -0.4 is 11.0 Å². The van der Waals surface area contributed by atoms with E-state index in [0.29, 0.717) is 39.4 Å². The van der Waals surface area contributed by atoms with Crippen molar-refractivity contribution in [1.82, 2.24) is 19.4 Å². The second-order valence-corrected chi connectivity index (χ2v) is 5.31. The van der Waals surface area contributed by atoms with Gasteiger partial charge >= 0.3 is 11.7 Å². The highest BCUT2D eigenvalue weighted by Crippen LogP contribution is 2.10. The minimum Gasteiger partial charge on any atom is -0.378 e. The Morgan fingerprint density at radius 2 is 1.91 bits per heavy atom.